The van der Waals surface area contributed by atoms with Crippen LogP contribution in [0.15, 0.2) is 59.1 Å². The Labute approximate surface area is 171 Å². The molecule has 2 heterocycles. The smallest absolute Gasteiger partial charge is 0.239 e. The lowest BCUT2D eigenvalue weighted by Gasteiger charge is -2.22. The molecular formula is C22H22N2O4S. The van der Waals surface area contributed by atoms with Crippen LogP contribution in [0.3, 0.4) is 0 Å². The van der Waals surface area contributed by atoms with Gasteiger partial charge in [0, 0.05) is 34.2 Å². The number of amides is 1. The molecule has 2 atom stereocenters. The monoisotopic (exact) mass is 410 g/mol. The van der Waals surface area contributed by atoms with Crippen LogP contribution < -0.4 is 9.64 Å². The van der Waals surface area contributed by atoms with Crippen molar-refractivity contribution in [1.29, 1.82) is 0 Å². The van der Waals surface area contributed by atoms with Gasteiger partial charge in [0.1, 0.15) is 23.0 Å². The SMILES string of the molecule is COc1ccccc1-c1cc(C[S@@](=O)CC(=O)N2c3ccccc3C[C@@H]2C)on1. The van der Waals surface area contributed by atoms with Crippen molar-refractivity contribution < 1.29 is 18.3 Å². The number of aromatic nitrogens is 1. The summed E-state index contributed by atoms with van der Waals surface area (Å²) in [6, 6.07) is 17.2. The van der Waals surface area contributed by atoms with Crippen molar-refractivity contribution in [3.05, 3.63) is 65.9 Å². The predicted molar refractivity (Wildman–Crippen MR) is 112 cm³/mol. The Morgan fingerprint density at radius 2 is 2.00 bits per heavy atom. The van der Waals surface area contributed by atoms with Gasteiger partial charge in [-0.1, -0.05) is 35.5 Å². The molecule has 1 aromatic heterocycles. The minimum atomic E-state index is -1.40. The van der Waals surface area contributed by atoms with Gasteiger partial charge >= 0.3 is 0 Å². The van der Waals surface area contributed by atoms with Crippen LogP contribution in [0.25, 0.3) is 11.3 Å². The molecule has 0 fully saturated rings. The average Bonchev–Trinajstić information content (AvgIpc) is 3.30. The zero-order valence-corrected chi connectivity index (χ0v) is 17.1. The molecule has 6 nitrogen and oxygen atoms in total. The minimum Gasteiger partial charge on any atom is -0.496 e. The van der Waals surface area contributed by atoms with Gasteiger partial charge < -0.3 is 14.2 Å². The Balaban J connectivity index is 1.43. The molecule has 3 aromatic rings. The molecule has 0 radical (unpaired) electrons. The van der Waals surface area contributed by atoms with Gasteiger partial charge in [0.25, 0.3) is 0 Å². The van der Waals surface area contributed by atoms with E-state index in [1.54, 1.807) is 18.1 Å². The number of ether oxygens (including phenoxy) is 1. The number of anilines is 1. The number of fused-ring (bicyclic) bond motifs is 1. The Kier molecular flexibility index (Phi) is 5.49. The third-order valence-corrected chi connectivity index (χ3v) is 6.18. The summed E-state index contributed by atoms with van der Waals surface area (Å²) in [5.74, 6) is 1.11. The van der Waals surface area contributed by atoms with E-state index in [9.17, 15) is 9.00 Å². The van der Waals surface area contributed by atoms with Crippen molar-refractivity contribution in [2.45, 2.75) is 25.1 Å². The number of benzene rings is 2. The fourth-order valence-electron chi connectivity index (χ4n) is 3.73. The highest BCUT2D eigenvalue weighted by Gasteiger charge is 2.31. The summed E-state index contributed by atoms with van der Waals surface area (Å²) in [5, 5.41) is 4.06. The molecule has 1 aliphatic rings. The third-order valence-electron chi connectivity index (χ3n) is 5.01. The molecule has 0 N–H and O–H groups in total. The topological polar surface area (TPSA) is 72.6 Å². The highest BCUT2D eigenvalue weighted by Crippen LogP contribution is 2.32. The lowest BCUT2D eigenvalue weighted by Crippen LogP contribution is -2.38. The van der Waals surface area contributed by atoms with Crippen molar-refractivity contribution in [3.63, 3.8) is 0 Å². The van der Waals surface area contributed by atoms with E-state index >= 15 is 0 Å². The summed E-state index contributed by atoms with van der Waals surface area (Å²) in [6.07, 6.45) is 0.818. The maximum atomic E-state index is 12.8. The van der Waals surface area contributed by atoms with E-state index in [0.29, 0.717) is 17.2 Å². The molecule has 150 valence electrons. The van der Waals surface area contributed by atoms with Crippen molar-refractivity contribution in [2.24, 2.45) is 0 Å². The normalized spacial score (nSPS) is 16.5. The Bertz CT molecular complexity index is 1060. The average molecular weight is 410 g/mol. The van der Waals surface area contributed by atoms with E-state index in [1.807, 2.05) is 55.5 Å². The molecule has 29 heavy (non-hydrogen) atoms. The van der Waals surface area contributed by atoms with Crippen LogP contribution in [0.2, 0.25) is 0 Å². The fourth-order valence-corrected chi connectivity index (χ4v) is 4.70. The molecular weight excluding hydrogens is 388 g/mol. The molecule has 2 aromatic carbocycles. The number of carbonyl (C=O) groups excluding carboxylic acids is 1. The summed E-state index contributed by atoms with van der Waals surface area (Å²) in [5.41, 5.74) is 3.48. The first-order valence-corrected chi connectivity index (χ1v) is 10.9. The summed E-state index contributed by atoms with van der Waals surface area (Å²) < 4.78 is 23.3. The largest absolute Gasteiger partial charge is 0.496 e. The molecule has 0 bridgehead atoms. The highest BCUT2D eigenvalue weighted by atomic mass is 32.2. The zero-order valence-electron chi connectivity index (χ0n) is 16.3. The van der Waals surface area contributed by atoms with Gasteiger partial charge in [0.2, 0.25) is 5.91 Å². The van der Waals surface area contributed by atoms with Crippen LogP contribution in [0.4, 0.5) is 5.69 Å². The van der Waals surface area contributed by atoms with Crippen molar-refractivity contribution in [3.8, 4) is 17.0 Å². The summed E-state index contributed by atoms with van der Waals surface area (Å²) in [6.45, 7) is 2.01. The number of para-hydroxylation sites is 2. The summed E-state index contributed by atoms with van der Waals surface area (Å²) in [4.78, 5) is 14.6. The lowest BCUT2D eigenvalue weighted by molar-refractivity contribution is -0.116. The van der Waals surface area contributed by atoms with Crippen LogP contribution in [-0.4, -0.2) is 34.2 Å². The van der Waals surface area contributed by atoms with Gasteiger partial charge in [-0.15, -0.1) is 0 Å². The fraction of sp³-hybridized carbons (Fsp3) is 0.273. The van der Waals surface area contributed by atoms with Crippen LogP contribution >= 0.6 is 0 Å². The summed E-state index contributed by atoms with van der Waals surface area (Å²) in [7, 11) is 0.200. The maximum absolute atomic E-state index is 12.8. The second-order valence-corrected chi connectivity index (χ2v) is 8.51. The van der Waals surface area contributed by atoms with E-state index < -0.39 is 10.8 Å². The first-order valence-electron chi connectivity index (χ1n) is 9.40. The predicted octanol–water partition coefficient (Wildman–Crippen LogP) is 3.58. The van der Waals surface area contributed by atoms with E-state index in [-0.39, 0.29) is 23.5 Å². The molecule has 0 unspecified atom stereocenters. The molecule has 0 saturated carbocycles. The number of hydrogen-bond acceptors (Lipinski definition) is 5. The summed E-state index contributed by atoms with van der Waals surface area (Å²) >= 11 is 0. The quantitative estimate of drug-likeness (QED) is 0.621. The van der Waals surface area contributed by atoms with E-state index in [2.05, 4.69) is 5.16 Å². The Morgan fingerprint density at radius 1 is 1.24 bits per heavy atom. The van der Waals surface area contributed by atoms with E-state index in [1.165, 1.54) is 0 Å². The zero-order chi connectivity index (χ0) is 20.4. The van der Waals surface area contributed by atoms with Crippen LogP contribution in [0, 0.1) is 0 Å². The number of carbonyl (C=O) groups is 1. The molecule has 0 saturated heterocycles. The van der Waals surface area contributed by atoms with Gasteiger partial charge in [0.15, 0.2) is 0 Å². The van der Waals surface area contributed by atoms with Gasteiger partial charge in [-0.3, -0.25) is 9.00 Å². The second kappa shape index (κ2) is 8.21. The van der Waals surface area contributed by atoms with E-state index in [0.717, 1.165) is 23.2 Å². The van der Waals surface area contributed by atoms with Crippen LogP contribution in [0.1, 0.15) is 18.2 Å². The lowest BCUT2D eigenvalue weighted by atomic mass is 10.1. The first kappa shape index (κ1) is 19.4. The molecule has 4 rings (SSSR count). The molecule has 1 aliphatic heterocycles. The van der Waals surface area contributed by atoms with E-state index in [4.69, 9.17) is 9.26 Å². The van der Waals surface area contributed by atoms with Crippen molar-refractivity contribution >= 4 is 22.4 Å². The first-order chi connectivity index (χ1) is 14.1. The van der Waals surface area contributed by atoms with Gasteiger partial charge in [-0.2, -0.15) is 0 Å². The molecule has 0 aliphatic carbocycles. The van der Waals surface area contributed by atoms with Crippen LogP contribution in [-0.2, 0) is 27.8 Å². The molecule has 7 heteroatoms. The highest BCUT2D eigenvalue weighted by molar-refractivity contribution is 7.84. The number of methoxy groups -OCH3 is 1. The van der Waals surface area contributed by atoms with Gasteiger partial charge in [0.05, 0.1) is 12.9 Å². The number of nitrogens with zero attached hydrogens (tertiary/aromatic N) is 2. The minimum absolute atomic E-state index is 0.0522. The molecule has 0 spiro atoms. The van der Waals surface area contributed by atoms with Gasteiger partial charge in [-0.25, -0.2) is 0 Å². The van der Waals surface area contributed by atoms with Crippen LogP contribution in [0.5, 0.6) is 5.75 Å². The van der Waals surface area contributed by atoms with Gasteiger partial charge in [-0.05, 0) is 37.1 Å². The standard InChI is InChI=1S/C22H22N2O4S/c1-15-11-16-7-3-5-9-20(16)24(15)22(25)14-29(26)13-17-12-19(23-28-17)18-8-4-6-10-21(18)27-2/h3-10,12,15H,11,13-14H2,1-2H3/t15-,29+/m0/s1. The number of hydrogen-bond donors (Lipinski definition) is 0. The maximum Gasteiger partial charge on any atom is 0.239 e. The third kappa shape index (κ3) is 3.96. The van der Waals surface area contributed by atoms with Crippen molar-refractivity contribution in [1.82, 2.24) is 5.16 Å². The Morgan fingerprint density at radius 3 is 2.83 bits per heavy atom. The molecule has 1 amide bonds. The second-order valence-electron chi connectivity index (χ2n) is 7.05. The van der Waals surface area contributed by atoms with Crippen molar-refractivity contribution in [2.75, 3.05) is 17.8 Å². The Hall–Kier alpha value is -2.93. The number of rotatable bonds is 6.